The van der Waals surface area contributed by atoms with Gasteiger partial charge in [-0.2, -0.15) is 0 Å². The molecule has 0 aromatic heterocycles. The first kappa shape index (κ1) is 40.7. The second-order valence-corrected chi connectivity index (χ2v) is 11.6. The number of hydrogen-bond donors (Lipinski definition) is 10. The summed E-state index contributed by atoms with van der Waals surface area (Å²) in [4.78, 5) is 47.2. The normalized spacial score (nSPS) is 30.7. The first-order valence-corrected chi connectivity index (χ1v) is 15.9. The van der Waals surface area contributed by atoms with Crippen molar-refractivity contribution in [3.05, 3.63) is 0 Å². The van der Waals surface area contributed by atoms with Gasteiger partial charge in [0.15, 0.2) is 6.29 Å². The Morgan fingerprint density at radius 3 is 1.66 bits per heavy atom. The van der Waals surface area contributed by atoms with E-state index in [4.69, 9.17) is 18.9 Å². The van der Waals surface area contributed by atoms with E-state index < -0.39 is 86.1 Å². The standard InChI is InChI=1S/C29H52N4O14/c1-16(36)32-23-20(46-18(13-34)25(40)27(23)42)15-44-11-5-3-7-21(38)30-9-10-31-22(39)8-4-6-12-45-29-24(33-17(2)37)28(43)26(41)19(14-35)47-29/h18-20,23-29,34-35,40-43H,3-15H2,1-2H3,(H,30,38)(H,31,39)(H,32,36)(H,33,37)/t18?,19?,20-,23?,24?,25-,26-,27?,28?,29+/m0/s1. The van der Waals surface area contributed by atoms with Crippen LogP contribution in [0.2, 0.25) is 0 Å². The van der Waals surface area contributed by atoms with Gasteiger partial charge in [-0.3, -0.25) is 19.2 Å². The molecule has 2 aliphatic heterocycles. The fraction of sp³-hybridized carbons (Fsp3) is 0.862. The van der Waals surface area contributed by atoms with E-state index in [0.717, 1.165) is 0 Å². The van der Waals surface area contributed by atoms with E-state index in [2.05, 4.69) is 21.3 Å². The molecule has 0 radical (unpaired) electrons. The van der Waals surface area contributed by atoms with Gasteiger partial charge >= 0.3 is 0 Å². The molecule has 2 heterocycles. The molecule has 0 aromatic carbocycles. The maximum atomic E-state index is 12.1. The van der Waals surface area contributed by atoms with Crippen LogP contribution in [-0.2, 0) is 38.1 Å². The largest absolute Gasteiger partial charge is 0.394 e. The lowest BCUT2D eigenvalue weighted by Gasteiger charge is -2.42. The van der Waals surface area contributed by atoms with E-state index in [0.29, 0.717) is 25.7 Å². The van der Waals surface area contributed by atoms with Gasteiger partial charge in [-0.25, -0.2) is 0 Å². The highest BCUT2D eigenvalue weighted by Crippen LogP contribution is 2.23. The van der Waals surface area contributed by atoms with Crippen molar-refractivity contribution in [1.29, 1.82) is 0 Å². The monoisotopic (exact) mass is 680 g/mol. The molecule has 4 amide bonds. The molecule has 18 heteroatoms. The molecule has 0 saturated carbocycles. The second-order valence-electron chi connectivity index (χ2n) is 11.6. The minimum atomic E-state index is -1.40. The molecule has 272 valence electrons. The Bertz CT molecular complexity index is 977. The number of aliphatic hydroxyl groups is 6. The van der Waals surface area contributed by atoms with Crippen molar-refractivity contribution >= 4 is 23.6 Å². The topological polar surface area (TPSA) is 275 Å². The Morgan fingerprint density at radius 1 is 0.638 bits per heavy atom. The van der Waals surface area contributed by atoms with Crippen molar-refractivity contribution in [3.63, 3.8) is 0 Å². The van der Waals surface area contributed by atoms with Crippen LogP contribution in [0.25, 0.3) is 0 Å². The maximum Gasteiger partial charge on any atom is 0.220 e. The van der Waals surface area contributed by atoms with E-state index in [1.54, 1.807) is 0 Å². The first-order valence-electron chi connectivity index (χ1n) is 15.9. The molecule has 2 saturated heterocycles. The van der Waals surface area contributed by atoms with Crippen molar-refractivity contribution in [2.24, 2.45) is 0 Å². The summed E-state index contributed by atoms with van der Waals surface area (Å²) in [5.41, 5.74) is 0. The number of aliphatic hydroxyl groups excluding tert-OH is 6. The summed E-state index contributed by atoms with van der Waals surface area (Å²) in [6, 6.07) is -1.94. The molecule has 10 atom stereocenters. The Kier molecular flexibility index (Phi) is 18.6. The summed E-state index contributed by atoms with van der Waals surface area (Å²) >= 11 is 0. The molecule has 0 aromatic rings. The average Bonchev–Trinajstić information content (AvgIpc) is 3.02. The van der Waals surface area contributed by atoms with E-state index in [9.17, 15) is 49.8 Å². The van der Waals surface area contributed by atoms with Crippen LogP contribution >= 0.6 is 0 Å². The Morgan fingerprint density at radius 2 is 1.13 bits per heavy atom. The minimum absolute atomic E-state index is 0.00165. The smallest absolute Gasteiger partial charge is 0.220 e. The summed E-state index contributed by atoms with van der Waals surface area (Å²) in [6.45, 7) is 2.37. The number of hydrogen-bond acceptors (Lipinski definition) is 14. The number of ether oxygens (including phenoxy) is 4. The van der Waals surface area contributed by atoms with E-state index in [1.165, 1.54) is 13.8 Å². The first-order chi connectivity index (χ1) is 22.4. The lowest BCUT2D eigenvalue weighted by molar-refractivity contribution is -0.270. The van der Waals surface area contributed by atoms with Gasteiger partial charge in [0.25, 0.3) is 0 Å². The molecule has 0 aliphatic carbocycles. The van der Waals surface area contributed by atoms with Crippen LogP contribution in [0.15, 0.2) is 0 Å². The number of unbranched alkanes of at least 4 members (excludes halogenated alkanes) is 2. The summed E-state index contributed by atoms with van der Waals surface area (Å²) in [7, 11) is 0. The molecule has 6 unspecified atom stereocenters. The number of carbonyl (C=O) groups is 4. The number of carbonyl (C=O) groups excluding carboxylic acids is 4. The van der Waals surface area contributed by atoms with Crippen molar-refractivity contribution in [1.82, 2.24) is 21.3 Å². The van der Waals surface area contributed by atoms with Gasteiger partial charge in [0.1, 0.15) is 48.8 Å². The molecule has 2 rings (SSSR count). The second kappa shape index (κ2) is 21.5. The summed E-state index contributed by atoms with van der Waals surface area (Å²) in [5.74, 6) is -1.28. The van der Waals surface area contributed by atoms with Crippen LogP contribution in [0.5, 0.6) is 0 Å². The van der Waals surface area contributed by atoms with Crippen LogP contribution in [0.3, 0.4) is 0 Å². The van der Waals surface area contributed by atoms with E-state index >= 15 is 0 Å². The van der Waals surface area contributed by atoms with Crippen LogP contribution in [0, 0.1) is 0 Å². The zero-order chi connectivity index (χ0) is 34.9. The molecule has 0 spiro atoms. The third kappa shape index (κ3) is 13.9. The summed E-state index contributed by atoms with van der Waals surface area (Å²) in [6.07, 6.45) is -7.02. The number of nitrogens with one attached hydrogen (secondary N) is 4. The highest BCUT2D eigenvalue weighted by Gasteiger charge is 2.46. The van der Waals surface area contributed by atoms with E-state index in [1.807, 2.05) is 0 Å². The Balaban J connectivity index is 1.53. The molecule has 2 aliphatic rings. The summed E-state index contributed by atoms with van der Waals surface area (Å²) < 4.78 is 22.3. The van der Waals surface area contributed by atoms with Crippen LogP contribution < -0.4 is 21.3 Å². The van der Waals surface area contributed by atoms with Crippen molar-refractivity contribution in [3.8, 4) is 0 Å². The van der Waals surface area contributed by atoms with Gasteiger partial charge in [0, 0.05) is 53.0 Å². The molecular weight excluding hydrogens is 628 g/mol. The highest BCUT2D eigenvalue weighted by atomic mass is 16.7. The van der Waals surface area contributed by atoms with Gasteiger partial charge in [-0.05, 0) is 25.7 Å². The lowest BCUT2D eigenvalue weighted by Crippen LogP contribution is -2.65. The van der Waals surface area contributed by atoms with Gasteiger partial charge in [0.2, 0.25) is 23.6 Å². The van der Waals surface area contributed by atoms with E-state index in [-0.39, 0.29) is 57.6 Å². The quantitative estimate of drug-likeness (QED) is 0.0543. The van der Waals surface area contributed by atoms with Crippen molar-refractivity contribution < 1.29 is 68.8 Å². The Labute approximate surface area is 273 Å². The van der Waals surface area contributed by atoms with Crippen LogP contribution in [-0.4, -0.2) is 161 Å². The fourth-order valence-electron chi connectivity index (χ4n) is 5.22. The molecule has 0 bridgehead atoms. The Hall–Kier alpha value is -2.52. The van der Waals surface area contributed by atoms with Crippen molar-refractivity contribution in [2.45, 2.75) is 113 Å². The third-order valence-corrected chi connectivity index (χ3v) is 7.72. The molecule has 18 nitrogen and oxygen atoms in total. The number of amides is 4. The van der Waals surface area contributed by atoms with Crippen LogP contribution in [0.1, 0.15) is 52.4 Å². The van der Waals surface area contributed by atoms with Gasteiger partial charge in [0.05, 0.1) is 25.9 Å². The fourth-order valence-corrected chi connectivity index (χ4v) is 5.22. The number of rotatable bonds is 20. The molecule has 2 fully saturated rings. The SMILES string of the molecule is CC(=O)NC1C(O)[C@@H](O)C(CO)O[C@H]1OCCCCC(=O)NCCNC(=O)CCCCOC[C@@H]1OC(CO)[C@H](O)C(O)C1NC(C)=O. The third-order valence-electron chi connectivity index (χ3n) is 7.72. The molecule has 47 heavy (non-hydrogen) atoms. The lowest BCUT2D eigenvalue weighted by atomic mass is 9.93. The zero-order valence-electron chi connectivity index (χ0n) is 26.9. The van der Waals surface area contributed by atoms with Gasteiger partial charge in [-0.1, -0.05) is 0 Å². The van der Waals surface area contributed by atoms with Gasteiger partial charge < -0.3 is 70.9 Å². The average molecular weight is 681 g/mol. The predicted molar refractivity (Wildman–Crippen MR) is 161 cm³/mol. The minimum Gasteiger partial charge on any atom is -0.394 e. The maximum absolute atomic E-state index is 12.1. The zero-order valence-corrected chi connectivity index (χ0v) is 26.9. The van der Waals surface area contributed by atoms with Gasteiger partial charge in [-0.15, -0.1) is 0 Å². The van der Waals surface area contributed by atoms with Crippen molar-refractivity contribution in [2.75, 3.05) is 46.1 Å². The highest BCUT2D eigenvalue weighted by molar-refractivity contribution is 5.77. The summed E-state index contributed by atoms with van der Waals surface area (Å²) in [5, 5.41) is 69.9. The molecule has 10 N–H and O–H groups in total. The molecular formula is C29H52N4O14. The van der Waals surface area contributed by atoms with Crippen LogP contribution in [0.4, 0.5) is 0 Å². The predicted octanol–water partition coefficient (Wildman–Crippen LogP) is -4.48.